The number of methoxy groups -OCH3 is 1. The second-order valence-electron chi connectivity index (χ2n) is 6.74. The summed E-state index contributed by atoms with van der Waals surface area (Å²) >= 11 is 1.34. The summed E-state index contributed by atoms with van der Waals surface area (Å²) in [5.41, 5.74) is 0.464. The number of benzene rings is 2. The molecule has 0 fully saturated rings. The lowest BCUT2D eigenvalue weighted by atomic mass is 10.1. The van der Waals surface area contributed by atoms with Gasteiger partial charge >= 0.3 is 5.97 Å². The number of hydrogen-bond acceptors (Lipinski definition) is 7. The summed E-state index contributed by atoms with van der Waals surface area (Å²) in [6.45, 7) is 0.543. The third-order valence-electron chi connectivity index (χ3n) is 4.63. The maximum Gasteiger partial charge on any atom is 0.337 e. The number of ether oxygens (including phenoxy) is 2. The van der Waals surface area contributed by atoms with E-state index in [9.17, 15) is 14.0 Å². The molecule has 4 aromatic rings. The molecule has 0 atom stereocenters. The number of halogens is 1. The van der Waals surface area contributed by atoms with E-state index in [1.165, 1.54) is 41.6 Å². The minimum atomic E-state index is -0.504. The molecular weight excluding hydrogens is 435 g/mol. The first-order chi connectivity index (χ1) is 15.5. The molecule has 4 rings (SSSR count). The van der Waals surface area contributed by atoms with E-state index in [4.69, 9.17) is 13.9 Å². The van der Waals surface area contributed by atoms with E-state index in [1.54, 1.807) is 42.7 Å². The molecule has 9 heteroatoms. The summed E-state index contributed by atoms with van der Waals surface area (Å²) in [4.78, 5) is 29.7. The summed E-state index contributed by atoms with van der Waals surface area (Å²) in [5.74, 6) is 0.818. The van der Waals surface area contributed by atoms with Gasteiger partial charge in [-0.15, -0.1) is 0 Å². The molecule has 32 heavy (non-hydrogen) atoms. The number of fused-ring (bicyclic) bond motifs is 1. The highest BCUT2D eigenvalue weighted by Gasteiger charge is 2.15. The van der Waals surface area contributed by atoms with Gasteiger partial charge in [0.15, 0.2) is 5.16 Å². The molecule has 0 N–H and O–H groups in total. The van der Waals surface area contributed by atoms with Crippen LogP contribution in [-0.2, 0) is 11.3 Å². The lowest BCUT2D eigenvalue weighted by Gasteiger charge is -2.13. The number of nitrogens with zero attached hydrogens (tertiary/aromatic N) is 2. The quantitative estimate of drug-likeness (QED) is 0.171. The largest absolute Gasteiger partial charge is 0.493 e. The Morgan fingerprint density at radius 2 is 2.00 bits per heavy atom. The summed E-state index contributed by atoms with van der Waals surface area (Å²) < 4.78 is 30.3. The van der Waals surface area contributed by atoms with Gasteiger partial charge in [-0.25, -0.2) is 14.2 Å². The standard InChI is InChI=1S/C23H19FN2O5S/c1-29-22(28)15-4-9-19-20(13-15)25-23(26(21(19)27)14-18-3-2-10-30-18)32-12-11-31-17-7-5-16(24)6-8-17/h2-10,13H,11-12,14H2,1H3. The average Bonchev–Trinajstić information content (AvgIpc) is 3.32. The number of hydrogen-bond donors (Lipinski definition) is 0. The maximum absolute atomic E-state index is 13.2. The number of thioether (sulfide) groups is 1. The van der Waals surface area contributed by atoms with Gasteiger partial charge in [0.25, 0.3) is 5.56 Å². The van der Waals surface area contributed by atoms with E-state index in [-0.39, 0.29) is 17.9 Å². The normalized spacial score (nSPS) is 10.9. The highest BCUT2D eigenvalue weighted by Crippen LogP contribution is 2.21. The van der Waals surface area contributed by atoms with Crippen LogP contribution >= 0.6 is 11.8 Å². The molecular formula is C23H19FN2O5S. The number of aromatic nitrogens is 2. The highest BCUT2D eigenvalue weighted by atomic mass is 32.2. The van der Waals surface area contributed by atoms with Crippen LogP contribution in [0.2, 0.25) is 0 Å². The molecule has 0 radical (unpaired) electrons. The van der Waals surface area contributed by atoms with Gasteiger partial charge in [-0.05, 0) is 54.6 Å². The van der Waals surface area contributed by atoms with E-state index in [1.807, 2.05) is 0 Å². The molecule has 0 unspecified atom stereocenters. The Hall–Kier alpha value is -3.59. The van der Waals surface area contributed by atoms with Gasteiger partial charge in [0.1, 0.15) is 17.3 Å². The van der Waals surface area contributed by atoms with Crippen molar-refractivity contribution in [1.29, 1.82) is 0 Å². The fourth-order valence-electron chi connectivity index (χ4n) is 3.08. The van der Waals surface area contributed by atoms with Crippen molar-refractivity contribution in [3.8, 4) is 5.75 Å². The minimum Gasteiger partial charge on any atom is -0.493 e. The Morgan fingerprint density at radius 1 is 1.19 bits per heavy atom. The van der Waals surface area contributed by atoms with Crippen molar-refractivity contribution in [2.75, 3.05) is 19.5 Å². The van der Waals surface area contributed by atoms with E-state index in [0.29, 0.717) is 45.5 Å². The summed E-state index contributed by atoms with van der Waals surface area (Å²) in [5, 5.41) is 0.847. The van der Waals surface area contributed by atoms with E-state index in [0.717, 1.165) is 0 Å². The minimum absolute atomic E-state index is 0.217. The molecule has 0 aliphatic rings. The number of furan rings is 1. The topological polar surface area (TPSA) is 83.6 Å². The molecule has 164 valence electrons. The van der Waals surface area contributed by atoms with Crippen LogP contribution in [0.25, 0.3) is 10.9 Å². The van der Waals surface area contributed by atoms with Gasteiger partial charge < -0.3 is 13.9 Å². The third-order valence-corrected chi connectivity index (χ3v) is 5.57. The number of carbonyl (C=O) groups excluding carboxylic acids is 1. The zero-order chi connectivity index (χ0) is 22.5. The molecule has 0 aliphatic heterocycles. The Morgan fingerprint density at radius 3 is 2.72 bits per heavy atom. The van der Waals surface area contributed by atoms with Crippen molar-refractivity contribution in [3.63, 3.8) is 0 Å². The summed E-state index contributed by atoms with van der Waals surface area (Å²) in [7, 11) is 1.30. The molecule has 0 saturated heterocycles. The molecule has 7 nitrogen and oxygen atoms in total. The van der Waals surface area contributed by atoms with Crippen molar-refractivity contribution in [3.05, 3.63) is 88.4 Å². The lowest BCUT2D eigenvalue weighted by molar-refractivity contribution is 0.0601. The van der Waals surface area contributed by atoms with Crippen LogP contribution in [0.5, 0.6) is 5.75 Å². The molecule has 2 aromatic heterocycles. The number of carbonyl (C=O) groups is 1. The first-order valence-corrected chi connectivity index (χ1v) is 10.7. The van der Waals surface area contributed by atoms with Gasteiger partial charge in [0.2, 0.25) is 0 Å². The monoisotopic (exact) mass is 454 g/mol. The molecule has 0 saturated carbocycles. The van der Waals surface area contributed by atoms with Crippen LogP contribution < -0.4 is 10.3 Å². The first-order valence-electron chi connectivity index (χ1n) is 9.71. The van der Waals surface area contributed by atoms with E-state index in [2.05, 4.69) is 4.98 Å². The Bertz CT molecular complexity index is 1290. The molecule has 0 amide bonds. The summed E-state index contributed by atoms with van der Waals surface area (Å²) in [6.07, 6.45) is 1.54. The van der Waals surface area contributed by atoms with Crippen molar-refractivity contribution in [2.45, 2.75) is 11.7 Å². The third kappa shape index (κ3) is 4.83. The molecule has 0 spiro atoms. The maximum atomic E-state index is 13.2. The van der Waals surface area contributed by atoms with Crippen molar-refractivity contribution in [1.82, 2.24) is 9.55 Å². The van der Waals surface area contributed by atoms with Crippen LogP contribution in [0.3, 0.4) is 0 Å². The first kappa shape index (κ1) is 21.6. The Kier molecular flexibility index (Phi) is 6.55. The van der Waals surface area contributed by atoms with Gasteiger partial charge in [0.05, 0.1) is 43.0 Å². The predicted octanol–water partition coefficient (Wildman–Crippen LogP) is 4.13. The van der Waals surface area contributed by atoms with Crippen LogP contribution in [0.4, 0.5) is 4.39 Å². The SMILES string of the molecule is COC(=O)c1ccc2c(=O)n(Cc3ccco3)c(SCCOc3ccc(F)cc3)nc2c1. The predicted molar refractivity (Wildman–Crippen MR) is 118 cm³/mol. The van der Waals surface area contributed by atoms with Crippen molar-refractivity contribution < 1.29 is 23.1 Å². The average molecular weight is 454 g/mol. The number of esters is 1. The number of rotatable bonds is 8. The molecule has 2 heterocycles. The molecule has 0 aliphatic carbocycles. The van der Waals surface area contributed by atoms with Crippen LogP contribution in [-0.4, -0.2) is 35.0 Å². The second-order valence-corrected chi connectivity index (χ2v) is 7.80. The fourth-order valence-corrected chi connectivity index (χ4v) is 3.89. The van der Waals surface area contributed by atoms with Gasteiger partial charge in [-0.2, -0.15) is 0 Å². The molecule has 2 aromatic carbocycles. The smallest absolute Gasteiger partial charge is 0.337 e. The fraction of sp³-hybridized carbons (Fsp3) is 0.174. The summed E-state index contributed by atoms with van der Waals surface area (Å²) in [6, 6.07) is 13.9. The van der Waals surface area contributed by atoms with Crippen molar-refractivity contribution in [2.24, 2.45) is 0 Å². The van der Waals surface area contributed by atoms with E-state index < -0.39 is 5.97 Å². The highest BCUT2D eigenvalue weighted by molar-refractivity contribution is 7.99. The Balaban J connectivity index is 1.61. The zero-order valence-electron chi connectivity index (χ0n) is 17.1. The van der Waals surface area contributed by atoms with Gasteiger partial charge in [-0.3, -0.25) is 9.36 Å². The second kappa shape index (κ2) is 9.69. The molecule has 0 bridgehead atoms. The van der Waals surface area contributed by atoms with E-state index >= 15 is 0 Å². The van der Waals surface area contributed by atoms with Crippen LogP contribution in [0.15, 0.2) is 75.2 Å². The van der Waals surface area contributed by atoms with Gasteiger partial charge in [-0.1, -0.05) is 11.8 Å². The Labute approximate surface area is 186 Å². The van der Waals surface area contributed by atoms with Crippen LogP contribution in [0, 0.1) is 5.82 Å². The van der Waals surface area contributed by atoms with Crippen LogP contribution in [0.1, 0.15) is 16.1 Å². The van der Waals surface area contributed by atoms with Gasteiger partial charge in [0, 0.05) is 5.75 Å². The van der Waals surface area contributed by atoms with Crippen molar-refractivity contribution >= 4 is 28.6 Å². The lowest BCUT2D eigenvalue weighted by Crippen LogP contribution is -2.24. The zero-order valence-corrected chi connectivity index (χ0v) is 17.9.